The van der Waals surface area contributed by atoms with Gasteiger partial charge in [0.1, 0.15) is 12.6 Å². The number of sulfonamides is 1. The average Bonchev–Trinajstić information content (AvgIpc) is 2.89. The minimum absolute atomic E-state index is 0.00998. The molecule has 0 aliphatic heterocycles. The van der Waals surface area contributed by atoms with Crippen molar-refractivity contribution in [3.63, 3.8) is 0 Å². The summed E-state index contributed by atoms with van der Waals surface area (Å²) in [6.45, 7) is 3.54. The molecule has 3 aromatic rings. The lowest BCUT2D eigenvalue weighted by atomic mass is 10.1. The van der Waals surface area contributed by atoms with Crippen molar-refractivity contribution in [2.24, 2.45) is 0 Å². The first-order valence-electron chi connectivity index (χ1n) is 11.8. The van der Waals surface area contributed by atoms with E-state index in [9.17, 15) is 18.0 Å². The van der Waals surface area contributed by atoms with Crippen LogP contribution in [0, 0.1) is 0 Å². The molecule has 7 nitrogen and oxygen atoms in total. The van der Waals surface area contributed by atoms with Gasteiger partial charge in [-0.2, -0.15) is 0 Å². The molecule has 2 amide bonds. The van der Waals surface area contributed by atoms with Crippen LogP contribution in [-0.2, 0) is 26.2 Å². The van der Waals surface area contributed by atoms with Crippen LogP contribution >= 0.6 is 23.2 Å². The second kappa shape index (κ2) is 12.9. The van der Waals surface area contributed by atoms with Gasteiger partial charge in [-0.3, -0.25) is 13.9 Å². The Bertz CT molecular complexity index is 1320. The molecular weight excluding hydrogens is 533 g/mol. The van der Waals surface area contributed by atoms with Gasteiger partial charge in [0.15, 0.2) is 0 Å². The second-order valence-corrected chi connectivity index (χ2v) is 11.0. The summed E-state index contributed by atoms with van der Waals surface area (Å²) in [5, 5.41) is 3.14. The number of halogens is 2. The van der Waals surface area contributed by atoms with Gasteiger partial charge in [-0.15, -0.1) is 0 Å². The van der Waals surface area contributed by atoms with Gasteiger partial charge < -0.3 is 10.2 Å². The molecule has 1 atom stereocenters. The number of hydrogen-bond acceptors (Lipinski definition) is 4. The fourth-order valence-corrected chi connectivity index (χ4v) is 5.78. The molecule has 37 heavy (non-hydrogen) atoms. The summed E-state index contributed by atoms with van der Waals surface area (Å²) < 4.78 is 28.5. The predicted molar refractivity (Wildman–Crippen MR) is 147 cm³/mol. The highest BCUT2D eigenvalue weighted by Crippen LogP contribution is 2.33. The van der Waals surface area contributed by atoms with Crippen LogP contribution in [0.15, 0.2) is 83.8 Å². The molecule has 1 N–H and O–H groups in total. The fraction of sp³-hybridized carbons (Fsp3) is 0.259. The molecule has 3 rings (SSSR count). The van der Waals surface area contributed by atoms with Crippen molar-refractivity contribution < 1.29 is 18.0 Å². The Balaban J connectivity index is 2.08. The van der Waals surface area contributed by atoms with Crippen LogP contribution in [0.25, 0.3) is 0 Å². The van der Waals surface area contributed by atoms with Gasteiger partial charge in [0.25, 0.3) is 10.0 Å². The van der Waals surface area contributed by atoms with Crippen LogP contribution in [0.2, 0.25) is 10.0 Å². The van der Waals surface area contributed by atoms with E-state index in [-0.39, 0.29) is 33.1 Å². The van der Waals surface area contributed by atoms with Gasteiger partial charge >= 0.3 is 0 Å². The largest absolute Gasteiger partial charge is 0.355 e. The third-order valence-electron chi connectivity index (χ3n) is 5.72. The average molecular weight is 563 g/mol. The van der Waals surface area contributed by atoms with Gasteiger partial charge in [-0.05, 0) is 49.2 Å². The van der Waals surface area contributed by atoms with Crippen LogP contribution in [0.5, 0.6) is 0 Å². The quantitative estimate of drug-likeness (QED) is 0.351. The molecule has 0 fully saturated rings. The van der Waals surface area contributed by atoms with Gasteiger partial charge in [-0.25, -0.2) is 8.42 Å². The van der Waals surface area contributed by atoms with Crippen molar-refractivity contribution in [1.82, 2.24) is 10.2 Å². The maximum atomic E-state index is 13.9. The number of likely N-dealkylation sites (N-methyl/N-ethyl adjacent to an activating group) is 1. The third-order valence-corrected chi connectivity index (χ3v) is 8.05. The van der Waals surface area contributed by atoms with Gasteiger partial charge in [0.2, 0.25) is 11.8 Å². The maximum Gasteiger partial charge on any atom is 0.264 e. The summed E-state index contributed by atoms with van der Waals surface area (Å²) in [6, 6.07) is 20.6. The summed E-state index contributed by atoms with van der Waals surface area (Å²) >= 11 is 12.6. The van der Waals surface area contributed by atoms with Gasteiger partial charge in [0, 0.05) is 18.1 Å². The highest BCUT2D eigenvalue weighted by molar-refractivity contribution is 7.92. The Kier molecular flexibility index (Phi) is 9.97. The Hall–Kier alpha value is -3.07. The summed E-state index contributed by atoms with van der Waals surface area (Å²) in [5.41, 5.74) is 0.869. The van der Waals surface area contributed by atoms with Gasteiger partial charge in [-0.1, -0.05) is 78.7 Å². The Morgan fingerprint density at radius 1 is 0.919 bits per heavy atom. The maximum absolute atomic E-state index is 13.9. The lowest BCUT2D eigenvalue weighted by Gasteiger charge is -2.33. The SMILES string of the molecule is CCNC(=O)C(CC)N(Cc1ccccc1)C(=O)CN(c1cc(Cl)ccc1Cl)S(=O)(=O)c1ccccc1. The zero-order chi connectivity index (χ0) is 27.0. The molecule has 196 valence electrons. The third kappa shape index (κ3) is 7.03. The molecule has 3 aromatic carbocycles. The van der Waals surface area contributed by atoms with Crippen molar-refractivity contribution in [2.75, 3.05) is 17.4 Å². The molecule has 0 aromatic heterocycles. The first-order chi connectivity index (χ1) is 17.7. The lowest BCUT2D eigenvalue weighted by molar-refractivity contribution is -0.140. The monoisotopic (exact) mass is 561 g/mol. The summed E-state index contributed by atoms with van der Waals surface area (Å²) in [4.78, 5) is 28.2. The van der Waals surface area contributed by atoms with Crippen LogP contribution in [0.3, 0.4) is 0 Å². The highest BCUT2D eigenvalue weighted by atomic mass is 35.5. The van der Waals surface area contributed by atoms with E-state index in [2.05, 4.69) is 5.32 Å². The zero-order valence-electron chi connectivity index (χ0n) is 20.6. The Morgan fingerprint density at radius 3 is 2.14 bits per heavy atom. The minimum Gasteiger partial charge on any atom is -0.355 e. The zero-order valence-corrected chi connectivity index (χ0v) is 22.9. The molecule has 0 saturated carbocycles. The van der Waals surface area contributed by atoms with Crippen molar-refractivity contribution >= 4 is 50.7 Å². The smallest absolute Gasteiger partial charge is 0.264 e. The molecule has 0 spiro atoms. The standard InChI is InChI=1S/C27H29Cl2N3O4S/c1-3-24(27(34)30-4-2)31(18-20-11-7-5-8-12-20)26(33)19-32(25-17-21(28)15-16-23(25)29)37(35,36)22-13-9-6-10-14-22/h5-17,24H,3-4,18-19H2,1-2H3,(H,30,34). The van der Waals surface area contributed by atoms with E-state index in [1.165, 1.54) is 35.2 Å². The van der Waals surface area contributed by atoms with Crippen molar-refractivity contribution in [1.29, 1.82) is 0 Å². The number of carbonyl (C=O) groups excluding carboxylic acids is 2. The lowest BCUT2D eigenvalue weighted by Crippen LogP contribution is -2.52. The number of anilines is 1. The van der Waals surface area contributed by atoms with Crippen molar-refractivity contribution in [3.8, 4) is 0 Å². The number of nitrogens with zero attached hydrogens (tertiary/aromatic N) is 2. The highest BCUT2D eigenvalue weighted by Gasteiger charge is 2.34. The first-order valence-corrected chi connectivity index (χ1v) is 14.0. The predicted octanol–water partition coefficient (Wildman–Crippen LogP) is 5.13. The normalized spacial score (nSPS) is 12.0. The van der Waals surface area contributed by atoms with Crippen LogP contribution in [0.1, 0.15) is 25.8 Å². The van der Waals surface area contributed by atoms with Crippen molar-refractivity contribution in [2.45, 2.75) is 37.8 Å². The van der Waals surface area contributed by atoms with E-state index in [0.717, 1.165) is 9.87 Å². The molecule has 10 heteroatoms. The minimum atomic E-state index is -4.22. The van der Waals surface area contributed by atoms with Crippen LogP contribution in [0.4, 0.5) is 5.69 Å². The summed E-state index contributed by atoms with van der Waals surface area (Å²) in [7, 11) is -4.22. The Morgan fingerprint density at radius 2 is 1.54 bits per heavy atom. The molecule has 0 heterocycles. The Labute approximate surface area is 228 Å². The van der Waals surface area contributed by atoms with E-state index >= 15 is 0 Å². The number of carbonyl (C=O) groups is 2. The number of amides is 2. The first kappa shape index (κ1) is 28.5. The van der Waals surface area contributed by atoms with Crippen LogP contribution in [-0.4, -0.2) is 44.3 Å². The van der Waals surface area contributed by atoms with E-state index in [1.807, 2.05) is 30.3 Å². The molecule has 1 unspecified atom stereocenters. The molecular formula is C27H29Cl2N3O4S. The topological polar surface area (TPSA) is 86.8 Å². The molecule has 0 radical (unpaired) electrons. The number of hydrogen-bond donors (Lipinski definition) is 1. The molecule has 0 bridgehead atoms. The van der Waals surface area contributed by atoms with E-state index < -0.39 is 28.5 Å². The van der Waals surface area contributed by atoms with E-state index in [0.29, 0.717) is 13.0 Å². The molecule has 0 aliphatic carbocycles. The van der Waals surface area contributed by atoms with Crippen molar-refractivity contribution in [3.05, 3.63) is 94.5 Å². The fourth-order valence-electron chi connectivity index (χ4n) is 3.90. The van der Waals surface area contributed by atoms with Crippen LogP contribution < -0.4 is 9.62 Å². The van der Waals surface area contributed by atoms with E-state index in [4.69, 9.17) is 23.2 Å². The molecule has 0 saturated heterocycles. The summed E-state index contributed by atoms with van der Waals surface area (Å²) in [6.07, 6.45) is 0.341. The number of rotatable bonds is 11. The van der Waals surface area contributed by atoms with E-state index in [1.54, 1.807) is 32.0 Å². The molecule has 0 aliphatic rings. The number of nitrogens with one attached hydrogen (secondary N) is 1. The summed E-state index contributed by atoms with van der Waals surface area (Å²) in [5.74, 6) is -0.870. The second-order valence-electron chi connectivity index (χ2n) is 8.25. The number of benzene rings is 3. The van der Waals surface area contributed by atoms with Gasteiger partial charge in [0.05, 0.1) is 15.6 Å².